The van der Waals surface area contributed by atoms with Gasteiger partial charge in [0.05, 0.1) is 12.8 Å². The summed E-state index contributed by atoms with van der Waals surface area (Å²) in [4.78, 5) is 4.45. The smallest absolute Gasteiger partial charge is 0.244 e. The molecule has 0 amide bonds. The third-order valence-corrected chi connectivity index (χ3v) is 5.59. The number of nitrogens with one attached hydrogen (secondary N) is 1. The van der Waals surface area contributed by atoms with Gasteiger partial charge in [-0.2, -0.15) is 11.3 Å². The second kappa shape index (κ2) is 7.12. The van der Waals surface area contributed by atoms with E-state index in [1.165, 1.54) is 13.2 Å². The molecule has 0 radical (unpaired) electrons. The van der Waals surface area contributed by atoms with E-state index in [4.69, 9.17) is 4.74 Å². The van der Waals surface area contributed by atoms with E-state index in [1.807, 2.05) is 22.9 Å². The molecule has 1 N–H and O–H groups in total. The molecule has 3 aromatic rings. The number of methoxy groups -OCH3 is 1. The third kappa shape index (κ3) is 3.64. The molecule has 3 rings (SSSR count). The van der Waals surface area contributed by atoms with E-state index < -0.39 is 10.0 Å². The lowest BCUT2D eigenvalue weighted by atomic mass is 10.1. The summed E-state index contributed by atoms with van der Waals surface area (Å²) in [5, 5.41) is 3.99. The lowest BCUT2D eigenvalue weighted by Gasteiger charge is -2.10. The van der Waals surface area contributed by atoms with Crippen LogP contribution in [0.4, 0.5) is 0 Å². The Kier molecular flexibility index (Phi) is 4.94. The molecule has 0 aliphatic heterocycles. The van der Waals surface area contributed by atoms with E-state index in [2.05, 4.69) is 9.71 Å². The van der Waals surface area contributed by atoms with Crippen LogP contribution in [0.3, 0.4) is 0 Å². The predicted octanol–water partition coefficient (Wildman–Crippen LogP) is 3.30. The van der Waals surface area contributed by atoms with Crippen LogP contribution in [-0.2, 0) is 16.6 Å². The van der Waals surface area contributed by atoms with Crippen LogP contribution in [-0.4, -0.2) is 20.5 Å². The molecular formula is C17H16N2O3S2. The molecule has 5 nitrogen and oxygen atoms in total. The van der Waals surface area contributed by atoms with E-state index in [1.54, 1.807) is 41.8 Å². The first-order valence-electron chi connectivity index (χ1n) is 7.20. The van der Waals surface area contributed by atoms with Crippen molar-refractivity contribution in [3.05, 3.63) is 65.0 Å². The number of pyridine rings is 1. The first-order chi connectivity index (χ1) is 11.6. The van der Waals surface area contributed by atoms with Crippen LogP contribution in [0, 0.1) is 0 Å². The molecule has 0 saturated carbocycles. The summed E-state index contributed by atoms with van der Waals surface area (Å²) in [5.41, 5.74) is 2.68. The molecule has 0 aliphatic rings. The minimum Gasteiger partial charge on any atom is -0.495 e. The molecule has 0 spiro atoms. The van der Waals surface area contributed by atoms with E-state index in [9.17, 15) is 8.42 Å². The zero-order valence-corrected chi connectivity index (χ0v) is 14.6. The van der Waals surface area contributed by atoms with Gasteiger partial charge in [0, 0.05) is 23.7 Å². The quantitative estimate of drug-likeness (QED) is 0.732. The lowest BCUT2D eigenvalue weighted by molar-refractivity contribution is 0.402. The summed E-state index contributed by atoms with van der Waals surface area (Å²) < 4.78 is 32.7. The Morgan fingerprint density at radius 1 is 1.21 bits per heavy atom. The van der Waals surface area contributed by atoms with Gasteiger partial charge >= 0.3 is 0 Å². The highest BCUT2D eigenvalue weighted by atomic mass is 32.2. The Morgan fingerprint density at radius 3 is 2.79 bits per heavy atom. The highest BCUT2D eigenvalue weighted by Crippen LogP contribution is 2.23. The molecule has 7 heteroatoms. The van der Waals surface area contributed by atoms with Crippen molar-refractivity contribution in [1.82, 2.24) is 9.71 Å². The van der Waals surface area contributed by atoms with Crippen molar-refractivity contribution in [1.29, 1.82) is 0 Å². The monoisotopic (exact) mass is 360 g/mol. The maximum Gasteiger partial charge on any atom is 0.244 e. The molecule has 2 heterocycles. The second-order valence-corrected chi connectivity index (χ2v) is 7.55. The Hall–Kier alpha value is -2.22. The van der Waals surface area contributed by atoms with Gasteiger partial charge in [-0.25, -0.2) is 13.1 Å². The summed E-state index contributed by atoms with van der Waals surface area (Å²) in [6.07, 6.45) is 1.68. The Labute approximate surface area is 145 Å². The molecule has 0 unspecified atom stereocenters. The standard InChI is InChI=1S/C17H16N2O3S2/c1-22-16-4-2-3-5-17(16)24(20,21)19-11-13-6-8-18-15(10-13)14-7-9-23-12-14/h2-10,12,19H,11H2,1H3. The molecule has 0 atom stereocenters. The van der Waals surface area contributed by atoms with Crippen molar-refractivity contribution in [2.45, 2.75) is 11.4 Å². The third-order valence-electron chi connectivity index (χ3n) is 3.47. The van der Waals surface area contributed by atoms with Gasteiger partial charge in [0.25, 0.3) is 0 Å². The maximum absolute atomic E-state index is 12.5. The summed E-state index contributed by atoms with van der Waals surface area (Å²) in [6, 6.07) is 12.2. The van der Waals surface area contributed by atoms with Gasteiger partial charge in [-0.05, 0) is 41.3 Å². The number of sulfonamides is 1. The van der Waals surface area contributed by atoms with Crippen molar-refractivity contribution in [2.24, 2.45) is 0 Å². The molecule has 0 bridgehead atoms. The number of ether oxygens (including phenoxy) is 1. The molecule has 1 aromatic carbocycles. The highest BCUT2D eigenvalue weighted by molar-refractivity contribution is 7.89. The summed E-state index contributed by atoms with van der Waals surface area (Å²) in [6.45, 7) is 0.181. The fourth-order valence-electron chi connectivity index (χ4n) is 2.25. The first-order valence-corrected chi connectivity index (χ1v) is 9.63. The van der Waals surface area contributed by atoms with Gasteiger partial charge in [-0.3, -0.25) is 4.98 Å². The fourth-order valence-corrected chi connectivity index (χ4v) is 4.09. The number of para-hydroxylation sites is 1. The predicted molar refractivity (Wildman–Crippen MR) is 94.6 cm³/mol. The van der Waals surface area contributed by atoms with Crippen LogP contribution in [0.2, 0.25) is 0 Å². The molecule has 124 valence electrons. The van der Waals surface area contributed by atoms with E-state index in [-0.39, 0.29) is 11.4 Å². The van der Waals surface area contributed by atoms with Gasteiger partial charge in [0.15, 0.2) is 0 Å². The van der Waals surface area contributed by atoms with E-state index in [0.29, 0.717) is 5.75 Å². The zero-order valence-electron chi connectivity index (χ0n) is 13.0. The molecule has 24 heavy (non-hydrogen) atoms. The van der Waals surface area contributed by atoms with Crippen LogP contribution >= 0.6 is 11.3 Å². The normalized spacial score (nSPS) is 11.4. The average molecular weight is 360 g/mol. The van der Waals surface area contributed by atoms with Crippen LogP contribution in [0.25, 0.3) is 11.3 Å². The van der Waals surface area contributed by atoms with E-state index >= 15 is 0 Å². The number of thiophene rings is 1. The summed E-state index contributed by atoms with van der Waals surface area (Å²) >= 11 is 1.59. The van der Waals surface area contributed by atoms with Crippen LogP contribution in [0.15, 0.2) is 64.3 Å². The highest BCUT2D eigenvalue weighted by Gasteiger charge is 2.18. The number of nitrogens with zero attached hydrogens (tertiary/aromatic N) is 1. The Balaban J connectivity index is 1.79. The SMILES string of the molecule is COc1ccccc1S(=O)(=O)NCc1ccnc(-c2ccsc2)c1. The largest absolute Gasteiger partial charge is 0.495 e. The molecule has 0 saturated heterocycles. The first kappa shape index (κ1) is 16.6. The van der Waals surface area contributed by atoms with Crippen LogP contribution < -0.4 is 9.46 Å². The number of benzene rings is 1. The molecule has 2 aromatic heterocycles. The zero-order chi connectivity index (χ0) is 17.0. The number of rotatable bonds is 6. The van der Waals surface area contributed by atoms with Crippen LogP contribution in [0.1, 0.15) is 5.56 Å². The molecular weight excluding hydrogens is 344 g/mol. The Bertz CT molecular complexity index is 923. The molecule has 0 aliphatic carbocycles. The van der Waals surface area contributed by atoms with Crippen molar-refractivity contribution < 1.29 is 13.2 Å². The topological polar surface area (TPSA) is 68.3 Å². The minimum atomic E-state index is -3.66. The van der Waals surface area contributed by atoms with Gasteiger partial charge in [0.1, 0.15) is 10.6 Å². The summed E-state index contributed by atoms with van der Waals surface area (Å²) in [7, 11) is -2.21. The second-order valence-electron chi connectivity index (χ2n) is 5.04. The Morgan fingerprint density at radius 2 is 2.04 bits per heavy atom. The van der Waals surface area contributed by atoms with Crippen molar-refractivity contribution in [3.8, 4) is 17.0 Å². The lowest BCUT2D eigenvalue weighted by Crippen LogP contribution is -2.23. The van der Waals surface area contributed by atoms with Gasteiger partial charge in [-0.15, -0.1) is 0 Å². The molecule has 0 fully saturated rings. The van der Waals surface area contributed by atoms with Crippen molar-refractivity contribution in [2.75, 3.05) is 7.11 Å². The average Bonchev–Trinajstić information content (AvgIpc) is 3.15. The fraction of sp³-hybridized carbons (Fsp3) is 0.118. The number of hydrogen-bond acceptors (Lipinski definition) is 5. The van der Waals surface area contributed by atoms with Gasteiger partial charge < -0.3 is 4.74 Å². The van der Waals surface area contributed by atoms with Crippen molar-refractivity contribution in [3.63, 3.8) is 0 Å². The number of hydrogen-bond donors (Lipinski definition) is 1. The van der Waals surface area contributed by atoms with E-state index in [0.717, 1.165) is 16.8 Å². The maximum atomic E-state index is 12.5. The van der Waals surface area contributed by atoms with Crippen molar-refractivity contribution >= 4 is 21.4 Å². The van der Waals surface area contributed by atoms with Crippen LogP contribution in [0.5, 0.6) is 5.75 Å². The van der Waals surface area contributed by atoms with Gasteiger partial charge in [-0.1, -0.05) is 12.1 Å². The summed E-state index contributed by atoms with van der Waals surface area (Å²) in [5.74, 6) is 0.318. The number of aromatic nitrogens is 1. The van der Waals surface area contributed by atoms with Gasteiger partial charge in [0.2, 0.25) is 10.0 Å². The minimum absolute atomic E-state index is 0.125.